The van der Waals surface area contributed by atoms with Crippen LogP contribution >= 0.6 is 0 Å². The van der Waals surface area contributed by atoms with Gasteiger partial charge in [-0.3, -0.25) is 9.69 Å². The van der Waals surface area contributed by atoms with Crippen molar-refractivity contribution in [1.29, 1.82) is 0 Å². The number of rotatable bonds is 5. The minimum absolute atomic E-state index is 0.121. The van der Waals surface area contributed by atoms with E-state index in [-0.39, 0.29) is 23.1 Å². The van der Waals surface area contributed by atoms with E-state index in [4.69, 9.17) is 5.11 Å². The maximum absolute atomic E-state index is 12.6. The number of nitrogens with zero attached hydrogens (tertiary/aromatic N) is 1. The summed E-state index contributed by atoms with van der Waals surface area (Å²) in [5.41, 5.74) is 1.38. The molecule has 1 saturated heterocycles. The Bertz CT molecular complexity index is 792. The van der Waals surface area contributed by atoms with Gasteiger partial charge in [-0.1, -0.05) is 30.3 Å². The summed E-state index contributed by atoms with van der Waals surface area (Å²) in [4.78, 5) is 25.9. The second kappa shape index (κ2) is 8.01. The number of nitrogens with one attached hydrogen (secondary N) is 1. The Hall–Kier alpha value is -2.86. The number of phenols is 1. The van der Waals surface area contributed by atoms with Gasteiger partial charge in [-0.25, -0.2) is 4.79 Å². The quantitative estimate of drug-likeness (QED) is 0.718. The molecule has 1 atom stereocenters. The van der Waals surface area contributed by atoms with Gasteiger partial charge in [0.05, 0.1) is 5.92 Å². The van der Waals surface area contributed by atoms with Gasteiger partial charge in [0.25, 0.3) is 0 Å². The summed E-state index contributed by atoms with van der Waals surface area (Å²) in [5, 5.41) is 21.4. The number of piperidine rings is 1. The number of carboxylic acids is 1. The number of carbonyl (C=O) groups is 2. The van der Waals surface area contributed by atoms with Gasteiger partial charge in [-0.15, -0.1) is 0 Å². The topological polar surface area (TPSA) is 89.9 Å². The highest BCUT2D eigenvalue weighted by molar-refractivity contribution is 5.96. The Morgan fingerprint density at radius 1 is 1.15 bits per heavy atom. The first-order valence-corrected chi connectivity index (χ1v) is 8.66. The molecule has 0 radical (unpaired) electrons. The Labute approximate surface area is 152 Å². The first-order chi connectivity index (χ1) is 12.5. The summed E-state index contributed by atoms with van der Waals surface area (Å²) in [6.45, 7) is 2.44. The fraction of sp³-hybridized carbons (Fsp3) is 0.300. The predicted octanol–water partition coefficient (Wildman–Crippen LogP) is 2.94. The molecule has 0 aromatic heterocycles. The predicted molar refractivity (Wildman–Crippen MR) is 98.1 cm³/mol. The van der Waals surface area contributed by atoms with Crippen molar-refractivity contribution < 1.29 is 19.8 Å². The third-order valence-electron chi connectivity index (χ3n) is 4.62. The van der Waals surface area contributed by atoms with E-state index in [1.54, 1.807) is 0 Å². The van der Waals surface area contributed by atoms with Crippen molar-refractivity contribution in [3.63, 3.8) is 0 Å². The van der Waals surface area contributed by atoms with Gasteiger partial charge < -0.3 is 15.5 Å². The van der Waals surface area contributed by atoms with Crippen LogP contribution in [-0.2, 0) is 11.3 Å². The molecule has 2 aromatic carbocycles. The van der Waals surface area contributed by atoms with Crippen LogP contribution in [0.2, 0.25) is 0 Å². The van der Waals surface area contributed by atoms with Gasteiger partial charge in [0, 0.05) is 18.8 Å². The third-order valence-corrected chi connectivity index (χ3v) is 4.62. The molecule has 1 unspecified atom stereocenters. The molecule has 1 amide bonds. The normalized spacial score (nSPS) is 17.6. The first kappa shape index (κ1) is 17.9. The van der Waals surface area contributed by atoms with E-state index in [0.717, 1.165) is 25.9 Å². The van der Waals surface area contributed by atoms with Crippen LogP contribution in [-0.4, -0.2) is 40.1 Å². The van der Waals surface area contributed by atoms with Crippen LogP contribution in [0.25, 0.3) is 0 Å². The average molecular weight is 354 g/mol. The van der Waals surface area contributed by atoms with E-state index in [0.29, 0.717) is 12.2 Å². The molecule has 136 valence electrons. The highest BCUT2D eigenvalue weighted by Crippen LogP contribution is 2.24. The smallest absolute Gasteiger partial charge is 0.339 e. The van der Waals surface area contributed by atoms with Crippen molar-refractivity contribution in [3.05, 3.63) is 59.7 Å². The monoisotopic (exact) mass is 354 g/mol. The first-order valence-electron chi connectivity index (χ1n) is 8.66. The second-order valence-corrected chi connectivity index (χ2v) is 6.59. The lowest BCUT2D eigenvalue weighted by Crippen LogP contribution is -2.40. The Balaban J connectivity index is 1.62. The number of anilines is 1. The zero-order chi connectivity index (χ0) is 18.5. The summed E-state index contributed by atoms with van der Waals surface area (Å²) < 4.78 is 0. The fourth-order valence-corrected chi connectivity index (χ4v) is 3.28. The van der Waals surface area contributed by atoms with Crippen molar-refractivity contribution >= 4 is 17.6 Å². The second-order valence-electron chi connectivity index (χ2n) is 6.59. The standard InChI is InChI=1S/C20H22N2O4/c23-18-9-8-16(11-17(18)20(25)26)21-19(24)15-7-4-10-22(13-15)12-14-5-2-1-3-6-14/h1-3,5-6,8-9,11,15,23H,4,7,10,12-13H2,(H,21,24)(H,25,26). The van der Waals surface area contributed by atoms with E-state index in [9.17, 15) is 14.7 Å². The summed E-state index contributed by atoms with van der Waals surface area (Å²) in [5.74, 6) is -1.81. The molecule has 0 saturated carbocycles. The van der Waals surface area contributed by atoms with Crippen molar-refractivity contribution in [2.75, 3.05) is 18.4 Å². The number of carbonyl (C=O) groups excluding carboxylic acids is 1. The molecule has 0 spiro atoms. The minimum atomic E-state index is -1.23. The van der Waals surface area contributed by atoms with Gasteiger partial charge >= 0.3 is 5.97 Å². The number of amides is 1. The molecule has 0 aliphatic carbocycles. The molecule has 3 rings (SSSR count). The number of benzene rings is 2. The largest absolute Gasteiger partial charge is 0.507 e. The van der Waals surface area contributed by atoms with Gasteiger partial charge in [0.2, 0.25) is 5.91 Å². The molecule has 1 fully saturated rings. The van der Waals surface area contributed by atoms with Crippen molar-refractivity contribution in [2.24, 2.45) is 5.92 Å². The van der Waals surface area contributed by atoms with Crippen LogP contribution in [0.15, 0.2) is 48.5 Å². The molecular weight excluding hydrogens is 332 g/mol. The summed E-state index contributed by atoms with van der Waals surface area (Å²) in [6.07, 6.45) is 1.75. The number of hydrogen-bond donors (Lipinski definition) is 3. The lowest BCUT2D eigenvalue weighted by atomic mass is 9.96. The average Bonchev–Trinajstić information content (AvgIpc) is 2.64. The SMILES string of the molecule is O=C(O)c1cc(NC(=O)C2CCCN(Cc3ccccc3)C2)ccc1O. The number of aromatic hydroxyl groups is 1. The van der Waals surface area contributed by atoms with Gasteiger partial charge in [0.15, 0.2) is 0 Å². The zero-order valence-electron chi connectivity index (χ0n) is 14.4. The summed E-state index contributed by atoms with van der Waals surface area (Å²) in [7, 11) is 0. The summed E-state index contributed by atoms with van der Waals surface area (Å²) in [6, 6.07) is 14.2. The number of carboxylic acid groups (broad SMARTS) is 1. The van der Waals surface area contributed by atoms with Crippen molar-refractivity contribution in [3.8, 4) is 5.75 Å². The Morgan fingerprint density at radius 2 is 1.92 bits per heavy atom. The van der Waals surface area contributed by atoms with Crippen LogP contribution in [0.5, 0.6) is 5.75 Å². The van der Waals surface area contributed by atoms with E-state index < -0.39 is 5.97 Å². The minimum Gasteiger partial charge on any atom is -0.507 e. The maximum atomic E-state index is 12.6. The molecule has 1 heterocycles. The molecule has 2 aromatic rings. The van der Waals surface area contributed by atoms with Crippen molar-refractivity contribution in [1.82, 2.24) is 4.90 Å². The lowest BCUT2D eigenvalue weighted by Gasteiger charge is -2.32. The van der Waals surface area contributed by atoms with Gasteiger partial charge in [-0.2, -0.15) is 0 Å². The van der Waals surface area contributed by atoms with E-state index >= 15 is 0 Å². The number of hydrogen-bond acceptors (Lipinski definition) is 4. The van der Waals surface area contributed by atoms with Gasteiger partial charge in [-0.05, 0) is 43.1 Å². The van der Waals surface area contributed by atoms with Crippen molar-refractivity contribution in [2.45, 2.75) is 19.4 Å². The summed E-state index contributed by atoms with van der Waals surface area (Å²) >= 11 is 0. The molecule has 0 bridgehead atoms. The van der Waals surface area contributed by atoms with E-state index in [1.807, 2.05) is 18.2 Å². The third kappa shape index (κ3) is 4.40. The molecule has 1 aliphatic rings. The number of aromatic carboxylic acids is 1. The molecule has 26 heavy (non-hydrogen) atoms. The molecular formula is C20H22N2O4. The Kier molecular flexibility index (Phi) is 5.53. The van der Waals surface area contributed by atoms with E-state index in [1.165, 1.54) is 23.8 Å². The van der Waals surface area contributed by atoms with Crippen LogP contribution in [0.1, 0.15) is 28.8 Å². The lowest BCUT2D eigenvalue weighted by molar-refractivity contribution is -0.121. The number of likely N-dealkylation sites (tertiary alicyclic amines) is 1. The fourth-order valence-electron chi connectivity index (χ4n) is 3.28. The Morgan fingerprint density at radius 3 is 2.65 bits per heavy atom. The molecule has 6 heteroatoms. The van der Waals surface area contributed by atoms with Crippen LogP contribution in [0, 0.1) is 5.92 Å². The van der Waals surface area contributed by atoms with Crippen LogP contribution < -0.4 is 5.32 Å². The highest BCUT2D eigenvalue weighted by Gasteiger charge is 2.26. The zero-order valence-corrected chi connectivity index (χ0v) is 14.4. The highest BCUT2D eigenvalue weighted by atomic mass is 16.4. The molecule has 6 nitrogen and oxygen atoms in total. The molecule has 1 aliphatic heterocycles. The maximum Gasteiger partial charge on any atom is 0.339 e. The molecule has 3 N–H and O–H groups in total. The van der Waals surface area contributed by atoms with Crippen LogP contribution in [0.4, 0.5) is 5.69 Å². The van der Waals surface area contributed by atoms with Crippen LogP contribution in [0.3, 0.4) is 0 Å². The van der Waals surface area contributed by atoms with Gasteiger partial charge in [0.1, 0.15) is 11.3 Å². The van der Waals surface area contributed by atoms with E-state index in [2.05, 4.69) is 22.3 Å².